The van der Waals surface area contributed by atoms with Gasteiger partial charge in [-0.1, -0.05) is 13.3 Å². The fraction of sp³-hybridized carbons (Fsp3) is 0.600. The summed E-state index contributed by atoms with van der Waals surface area (Å²) in [5.74, 6) is 0. The Morgan fingerprint density at radius 3 is 2.81 bits per heavy atom. The van der Waals surface area contributed by atoms with Crippen LogP contribution in [0.4, 0.5) is 0 Å². The number of sulfonamides is 1. The summed E-state index contributed by atoms with van der Waals surface area (Å²) < 4.78 is 26.6. The quantitative estimate of drug-likeness (QED) is 0.733. The summed E-state index contributed by atoms with van der Waals surface area (Å²) in [6, 6.07) is 1.72. The van der Waals surface area contributed by atoms with Gasteiger partial charge in [0.25, 0.3) is 0 Å². The molecule has 0 saturated heterocycles. The van der Waals surface area contributed by atoms with Gasteiger partial charge >= 0.3 is 0 Å². The van der Waals surface area contributed by atoms with E-state index in [1.165, 1.54) is 11.3 Å². The Balaban J connectivity index is 2.66. The molecule has 4 nitrogen and oxygen atoms in total. The van der Waals surface area contributed by atoms with E-state index < -0.39 is 10.0 Å². The molecule has 0 bridgehead atoms. The summed E-state index contributed by atoms with van der Waals surface area (Å²) in [6.07, 6.45) is 1.85. The summed E-state index contributed by atoms with van der Waals surface area (Å²) in [7, 11) is -1.45. The van der Waals surface area contributed by atoms with Crippen molar-refractivity contribution in [1.29, 1.82) is 0 Å². The second-order valence-electron chi connectivity index (χ2n) is 3.56. The summed E-state index contributed by atoms with van der Waals surface area (Å²) in [5, 5.41) is 4.86. The Kier molecular flexibility index (Phi) is 5.40. The van der Waals surface area contributed by atoms with Gasteiger partial charge in [0.05, 0.1) is 0 Å². The zero-order valence-corrected chi connectivity index (χ0v) is 11.2. The van der Waals surface area contributed by atoms with Gasteiger partial charge in [0.2, 0.25) is 10.0 Å². The number of rotatable bonds is 7. The van der Waals surface area contributed by atoms with Gasteiger partial charge in [-0.05, 0) is 30.5 Å². The third-order valence-electron chi connectivity index (χ3n) is 2.10. The molecule has 1 aromatic heterocycles. The monoisotopic (exact) mass is 262 g/mol. The zero-order valence-electron chi connectivity index (χ0n) is 9.62. The van der Waals surface area contributed by atoms with E-state index in [0.29, 0.717) is 17.3 Å². The molecular formula is C10H18N2O2S2. The standard InChI is InChI=1S/C10H18N2O2S2/c1-3-4-5-12-16(13,14)10-6-9(7-11-2)8-15-10/h6,8,11-12H,3-5,7H2,1-2H3. The average Bonchev–Trinajstić information content (AvgIpc) is 2.68. The molecule has 0 aromatic carbocycles. The van der Waals surface area contributed by atoms with Crippen LogP contribution in [0.2, 0.25) is 0 Å². The van der Waals surface area contributed by atoms with E-state index in [-0.39, 0.29) is 0 Å². The average molecular weight is 262 g/mol. The maximum absolute atomic E-state index is 11.8. The maximum Gasteiger partial charge on any atom is 0.250 e. The van der Waals surface area contributed by atoms with Crippen molar-refractivity contribution in [2.24, 2.45) is 0 Å². The Morgan fingerprint density at radius 1 is 1.44 bits per heavy atom. The van der Waals surface area contributed by atoms with Gasteiger partial charge in [0.15, 0.2) is 0 Å². The third kappa shape index (κ3) is 3.86. The van der Waals surface area contributed by atoms with Crippen LogP contribution >= 0.6 is 11.3 Å². The van der Waals surface area contributed by atoms with Crippen LogP contribution < -0.4 is 10.0 Å². The molecule has 1 rings (SSSR count). The zero-order chi connectivity index (χ0) is 12.0. The van der Waals surface area contributed by atoms with E-state index in [9.17, 15) is 8.42 Å². The van der Waals surface area contributed by atoms with Crippen molar-refractivity contribution in [2.75, 3.05) is 13.6 Å². The van der Waals surface area contributed by atoms with Crippen molar-refractivity contribution in [1.82, 2.24) is 10.0 Å². The van der Waals surface area contributed by atoms with Crippen molar-refractivity contribution in [3.8, 4) is 0 Å². The van der Waals surface area contributed by atoms with Gasteiger partial charge < -0.3 is 5.32 Å². The highest BCUT2D eigenvalue weighted by atomic mass is 32.2. The molecular weight excluding hydrogens is 244 g/mol. The molecule has 1 heterocycles. The lowest BCUT2D eigenvalue weighted by Crippen LogP contribution is -2.23. The van der Waals surface area contributed by atoms with E-state index in [4.69, 9.17) is 0 Å². The number of thiophene rings is 1. The lowest BCUT2D eigenvalue weighted by Gasteiger charge is -2.02. The molecule has 92 valence electrons. The third-order valence-corrected chi connectivity index (χ3v) is 5.05. The SMILES string of the molecule is CCCCNS(=O)(=O)c1cc(CNC)cs1. The van der Waals surface area contributed by atoms with Crippen LogP contribution in [0.25, 0.3) is 0 Å². The van der Waals surface area contributed by atoms with Crippen LogP contribution in [0, 0.1) is 0 Å². The number of hydrogen-bond donors (Lipinski definition) is 2. The molecule has 0 spiro atoms. The minimum Gasteiger partial charge on any atom is -0.316 e. The van der Waals surface area contributed by atoms with Gasteiger partial charge in [-0.15, -0.1) is 11.3 Å². The lowest BCUT2D eigenvalue weighted by molar-refractivity contribution is 0.580. The highest BCUT2D eigenvalue weighted by Gasteiger charge is 2.15. The molecule has 0 atom stereocenters. The molecule has 1 aromatic rings. The summed E-state index contributed by atoms with van der Waals surface area (Å²) >= 11 is 1.26. The molecule has 0 aliphatic heterocycles. The van der Waals surface area contributed by atoms with E-state index in [1.807, 2.05) is 19.4 Å². The Labute approximate surface area is 101 Å². The first-order valence-electron chi connectivity index (χ1n) is 5.32. The van der Waals surface area contributed by atoms with Gasteiger partial charge in [-0.3, -0.25) is 0 Å². The normalized spacial score (nSPS) is 11.9. The highest BCUT2D eigenvalue weighted by molar-refractivity contribution is 7.91. The predicted octanol–water partition coefficient (Wildman–Crippen LogP) is 1.55. The summed E-state index contributed by atoms with van der Waals surface area (Å²) in [5.41, 5.74) is 1.00. The smallest absolute Gasteiger partial charge is 0.250 e. The van der Waals surface area contributed by atoms with Crippen LogP contribution in [-0.2, 0) is 16.6 Å². The largest absolute Gasteiger partial charge is 0.316 e. The summed E-state index contributed by atoms with van der Waals surface area (Å²) in [4.78, 5) is 0. The minimum atomic E-state index is -3.29. The topological polar surface area (TPSA) is 58.2 Å². The number of nitrogens with one attached hydrogen (secondary N) is 2. The van der Waals surface area contributed by atoms with Crippen molar-refractivity contribution in [3.63, 3.8) is 0 Å². The van der Waals surface area contributed by atoms with Crippen LogP contribution in [0.15, 0.2) is 15.7 Å². The number of hydrogen-bond acceptors (Lipinski definition) is 4. The van der Waals surface area contributed by atoms with Crippen LogP contribution in [-0.4, -0.2) is 22.0 Å². The first kappa shape index (κ1) is 13.6. The molecule has 0 unspecified atom stereocenters. The Bertz CT molecular complexity index is 412. The van der Waals surface area contributed by atoms with Gasteiger partial charge in [-0.25, -0.2) is 13.1 Å². The van der Waals surface area contributed by atoms with Crippen molar-refractivity contribution >= 4 is 21.4 Å². The number of unbranched alkanes of at least 4 members (excludes halogenated alkanes) is 1. The molecule has 0 aliphatic rings. The Morgan fingerprint density at radius 2 is 2.19 bits per heavy atom. The maximum atomic E-state index is 11.8. The summed E-state index contributed by atoms with van der Waals surface area (Å²) in [6.45, 7) is 3.24. The molecule has 6 heteroatoms. The van der Waals surface area contributed by atoms with Gasteiger partial charge in [0, 0.05) is 13.1 Å². The van der Waals surface area contributed by atoms with Gasteiger partial charge in [0.1, 0.15) is 4.21 Å². The van der Waals surface area contributed by atoms with Crippen LogP contribution in [0.3, 0.4) is 0 Å². The Hall–Kier alpha value is -0.430. The molecule has 0 aliphatic carbocycles. The van der Waals surface area contributed by atoms with Crippen molar-refractivity contribution in [2.45, 2.75) is 30.5 Å². The first-order valence-corrected chi connectivity index (χ1v) is 7.68. The molecule has 16 heavy (non-hydrogen) atoms. The van der Waals surface area contributed by atoms with E-state index in [1.54, 1.807) is 6.07 Å². The highest BCUT2D eigenvalue weighted by Crippen LogP contribution is 2.19. The fourth-order valence-corrected chi connectivity index (χ4v) is 3.57. The predicted molar refractivity (Wildman–Crippen MR) is 67.2 cm³/mol. The van der Waals surface area contributed by atoms with Crippen molar-refractivity contribution < 1.29 is 8.42 Å². The molecule has 2 N–H and O–H groups in total. The van der Waals surface area contributed by atoms with Crippen LogP contribution in [0.5, 0.6) is 0 Å². The first-order chi connectivity index (χ1) is 7.60. The van der Waals surface area contributed by atoms with E-state index in [2.05, 4.69) is 10.0 Å². The molecule has 0 amide bonds. The fourth-order valence-electron chi connectivity index (χ4n) is 1.25. The van der Waals surface area contributed by atoms with Gasteiger partial charge in [-0.2, -0.15) is 0 Å². The molecule has 0 radical (unpaired) electrons. The van der Waals surface area contributed by atoms with E-state index >= 15 is 0 Å². The lowest BCUT2D eigenvalue weighted by atomic mass is 10.3. The second kappa shape index (κ2) is 6.34. The minimum absolute atomic E-state index is 0.397. The van der Waals surface area contributed by atoms with Crippen LogP contribution in [0.1, 0.15) is 25.3 Å². The van der Waals surface area contributed by atoms with E-state index in [0.717, 1.165) is 18.4 Å². The second-order valence-corrected chi connectivity index (χ2v) is 6.46. The molecule has 0 fully saturated rings. The van der Waals surface area contributed by atoms with Crippen molar-refractivity contribution in [3.05, 3.63) is 17.0 Å². The molecule has 0 saturated carbocycles.